The van der Waals surface area contributed by atoms with Crippen LogP contribution >= 0.6 is 0 Å². The summed E-state index contributed by atoms with van der Waals surface area (Å²) in [6.45, 7) is 5.43. The summed E-state index contributed by atoms with van der Waals surface area (Å²) in [5.41, 5.74) is 1.54. The Bertz CT molecular complexity index is 727. The molecule has 1 aliphatic heterocycles. The Hall–Kier alpha value is -2.69. The maximum atomic E-state index is 12.3. The Balaban J connectivity index is 1.63. The second-order valence-corrected chi connectivity index (χ2v) is 5.86. The lowest BCUT2D eigenvalue weighted by atomic mass is 10.1. The predicted octanol–water partition coefficient (Wildman–Crippen LogP) is 3.18. The molecule has 0 unspecified atom stereocenters. The van der Waals surface area contributed by atoms with Crippen LogP contribution in [0.4, 0.5) is 0 Å². The molecule has 24 heavy (non-hydrogen) atoms. The lowest BCUT2D eigenvalue weighted by Crippen LogP contribution is -2.23. The number of fused-ring (bicyclic) bond motifs is 1. The molecule has 0 radical (unpaired) electrons. The van der Waals surface area contributed by atoms with Crippen LogP contribution in [0.2, 0.25) is 0 Å². The summed E-state index contributed by atoms with van der Waals surface area (Å²) in [6, 6.07) is 12.9. The first-order valence-corrected chi connectivity index (χ1v) is 8.05. The highest BCUT2D eigenvalue weighted by atomic mass is 16.6. The molecular weight excluding hydrogens is 306 g/mol. The van der Waals surface area contributed by atoms with Crippen molar-refractivity contribution in [2.45, 2.75) is 26.5 Å². The molecule has 126 valence electrons. The quantitative estimate of drug-likeness (QED) is 0.916. The number of hydrogen-bond acceptors (Lipinski definition) is 4. The first kappa shape index (κ1) is 16.2. The minimum atomic E-state index is -0.151. The van der Waals surface area contributed by atoms with Gasteiger partial charge in [0.1, 0.15) is 19.0 Å². The number of hydrogen-bond donors (Lipinski definition) is 1. The van der Waals surface area contributed by atoms with Gasteiger partial charge in [-0.05, 0) is 49.7 Å². The third kappa shape index (κ3) is 3.98. The standard InChI is InChI=1S/C19H21NO4/c1-13(2)24-16-5-3-4-14(10-16)12-20-19(21)15-6-7-17-18(11-15)23-9-8-22-17/h3-7,10-11,13H,8-9,12H2,1-2H3,(H,20,21). The molecule has 5 nitrogen and oxygen atoms in total. The highest BCUT2D eigenvalue weighted by Gasteiger charge is 2.14. The van der Waals surface area contributed by atoms with E-state index in [4.69, 9.17) is 14.2 Å². The van der Waals surface area contributed by atoms with E-state index in [1.807, 2.05) is 38.1 Å². The number of carbonyl (C=O) groups excluding carboxylic acids is 1. The monoisotopic (exact) mass is 327 g/mol. The van der Waals surface area contributed by atoms with Gasteiger partial charge in [-0.3, -0.25) is 4.79 Å². The van der Waals surface area contributed by atoms with E-state index in [1.165, 1.54) is 0 Å². The van der Waals surface area contributed by atoms with Gasteiger partial charge < -0.3 is 19.5 Å². The van der Waals surface area contributed by atoms with E-state index in [1.54, 1.807) is 18.2 Å². The number of nitrogens with one attached hydrogen (secondary N) is 1. The Morgan fingerprint density at radius 2 is 1.92 bits per heavy atom. The zero-order chi connectivity index (χ0) is 16.9. The molecule has 1 aliphatic rings. The molecule has 2 aromatic carbocycles. The number of rotatable bonds is 5. The molecule has 0 fully saturated rings. The fourth-order valence-corrected chi connectivity index (χ4v) is 2.47. The molecule has 1 N–H and O–H groups in total. The van der Waals surface area contributed by atoms with Crippen molar-refractivity contribution in [1.29, 1.82) is 0 Å². The SMILES string of the molecule is CC(C)Oc1cccc(CNC(=O)c2ccc3c(c2)OCCO3)c1. The molecule has 1 amide bonds. The first-order chi connectivity index (χ1) is 11.6. The number of carbonyl (C=O) groups is 1. The molecule has 3 rings (SSSR count). The third-order valence-corrected chi connectivity index (χ3v) is 3.53. The lowest BCUT2D eigenvalue weighted by Gasteiger charge is -2.18. The van der Waals surface area contributed by atoms with E-state index >= 15 is 0 Å². The maximum Gasteiger partial charge on any atom is 0.251 e. The van der Waals surface area contributed by atoms with Crippen LogP contribution in [-0.4, -0.2) is 25.2 Å². The van der Waals surface area contributed by atoms with E-state index in [9.17, 15) is 4.79 Å². The predicted molar refractivity (Wildman–Crippen MR) is 90.8 cm³/mol. The van der Waals surface area contributed by atoms with Gasteiger partial charge in [0.05, 0.1) is 6.10 Å². The summed E-state index contributed by atoms with van der Waals surface area (Å²) in [6.07, 6.45) is 0.118. The smallest absolute Gasteiger partial charge is 0.251 e. The van der Waals surface area contributed by atoms with Gasteiger partial charge in [-0.25, -0.2) is 0 Å². The summed E-state index contributed by atoms with van der Waals surface area (Å²) in [5.74, 6) is 1.94. The van der Waals surface area contributed by atoms with Gasteiger partial charge in [0, 0.05) is 12.1 Å². The second kappa shape index (κ2) is 7.25. The second-order valence-electron chi connectivity index (χ2n) is 5.86. The van der Waals surface area contributed by atoms with Gasteiger partial charge in [0.25, 0.3) is 5.91 Å². The lowest BCUT2D eigenvalue weighted by molar-refractivity contribution is 0.0949. The summed E-state index contributed by atoms with van der Waals surface area (Å²) >= 11 is 0. The zero-order valence-corrected chi connectivity index (χ0v) is 13.9. The average molecular weight is 327 g/mol. The molecule has 0 saturated carbocycles. The van der Waals surface area contributed by atoms with E-state index in [0.29, 0.717) is 36.8 Å². The zero-order valence-electron chi connectivity index (χ0n) is 13.9. The van der Waals surface area contributed by atoms with Crippen molar-refractivity contribution < 1.29 is 19.0 Å². The molecule has 0 saturated heterocycles. The summed E-state index contributed by atoms with van der Waals surface area (Å²) in [4.78, 5) is 12.3. The van der Waals surface area contributed by atoms with Crippen molar-refractivity contribution in [2.24, 2.45) is 0 Å². The Kier molecular flexibility index (Phi) is 4.89. The maximum absolute atomic E-state index is 12.3. The van der Waals surface area contributed by atoms with Crippen molar-refractivity contribution in [3.05, 3.63) is 53.6 Å². The number of benzene rings is 2. The van der Waals surface area contributed by atoms with Crippen molar-refractivity contribution in [3.8, 4) is 17.2 Å². The Morgan fingerprint density at radius 1 is 1.12 bits per heavy atom. The molecule has 0 aliphatic carbocycles. The average Bonchev–Trinajstić information content (AvgIpc) is 2.59. The van der Waals surface area contributed by atoms with Crippen molar-refractivity contribution in [2.75, 3.05) is 13.2 Å². The Morgan fingerprint density at radius 3 is 2.71 bits per heavy atom. The van der Waals surface area contributed by atoms with Crippen LogP contribution in [0.1, 0.15) is 29.8 Å². The molecule has 0 atom stereocenters. The number of amides is 1. The summed E-state index contributed by atoms with van der Waals surface area (Å²) in [5, 5.41) is 2.91. The van der Waals surface area contributed by atoms with Crippen molar-refractivity contribution in [3.63, 3.8) is 0 Å². The third-order valence-electron chi connectivity index (χ3n) is 3.53. The molecule has 5 heteroatoms. The molecule has 0 bridgehead atoms. The molecule has 0 aromatic heterocycles. The molecular formula is C19H21NO4. The van der Waals surface area contributed by atoms with E-state index in [2.05, 4.69) is 5.32 Å². The molecule has 2 aromatic rings. The molecule has 0 spiro atoms. The van der Waals surface area contributed by atoms with Gasteiger partial charge in [0.2, 0.25) is 0 Å². The van der Waals surface area contributed by atoms with E-state index < -0.39 is 0 Å². The van der Waals surface area contributed by atoms with Gasteiger partial charge in [-0.15, -0.1) is 0 Å². The fourth-order valence-electron chi connectivity index (χ4n) is 2.47. The van der Waals surface area contributed by atoms with Gasteiger partial charge in [-0.1, -0.05) is 12.1 Å². The van der Waals surface area contributed by atoms with Crippen molar-refractivity contribution in [1.82, 2.24) is 5.32 Å². The van der Waals surface area contributed by atoms with Crippen LogP contribution in [0.5, 0.6) is 17.2 Å². The summed E-state index contributed by atoms with van der Waals surface area (Å²) < 4.78 is 16.6. The first-order valence-electron chi connectivity index (χ1n) is 8.05. The van der Waals surface area contributed by atoms with Crippen LogP contribution in [0, 0.1) is 0 Å². The van der Waals surface area contributed by atoms with Gasteiger partial charge >= 0.3 is 0 Å². The summed E-state index contributed by atoms with van der Waals surface area (Å²) in [7, 11) is 0. The topological polar surface area (TPSA) is 56.8 Å². The van der Waals surface area contributed by atoms with Crippen molar-refractivity contribution >= 4 is 5.91 Å². The van der Waals surface area contributed by atoms with E-state index in [0.717, 1.165) is 11.3 Å². The highest BCUT2D eigenvalue weighted by molar-refractivity contribution is 5.94. The van der Waals surface area contributed by atoms with Gasteiger partial charge in [-0.2, -0.15) is 0 Å². The number of ether oxygens (including phenoxy) is 3. The van der Waals surface area contributed by atoms with Crippen LogP contribution in [0.25, 0.3) is 0 Å². The molecule has 1 heterocycles. The van der Waals surface area contributed by atoms with Crippen LogP contribution in [-0.2, 0) is 6.54 Å². The van der Waals surface area contributed by atoms with Crippen LogP contribution in [0.3, 0.4) is 0 Å². The Labute approximate surface area is 141 Å². The highest BCUT2D eigenvalue weighted by Crippen LogP contribution is 2.30. The normalized spacial score (nSPS) is 12.8. The minimum absolute atomic E-state index is 0.118. The van der Waals surface area contributed by atoms with E-state index in [-0.39, 0.29) is 12.0 Å². The van der Waals surface area contributed by atoms with Gasteiger partial charge in [0.15, 0.2) is 11.5 Å². The largest absolute Gasteiger partial charge is 0.491 e. The fraction of sp³-hybridized carbons (Fsp3) is 0.316. The van der Waals surface area contributed by atoms with Crippen LogP contribution in [0.15, 0.2) is 42.5 Å². The minimum Gasteiger partial charge on any atom is -0.491 e. The van der Waals surface area contributed by atoms with Crippen LogP contribution < -0.4 is 19.5 Å².